The molecule has 2 rings (SSSR count). The predicted octanol–water partition coefficient (Wildman–Crippen LogP) is 3.62. The molecule has 136 valence electrons. The van der Waals surface area contributed by atoms with Crippen LogP contribution >= 0.6 is 0 Å². The van der Waals surface area contributed by atoms with Crippen molar-refractivity contribution in [2.75, 3.05) is 32.5 Å². The zero-order chi connectivity index (χ0) is 17.8. The molecule has 1 fully saturated rings. The van der Waals surface area contributed by atoms with Gasteiger partial charge < -0.3 is 9.64 Å². The number of likely N-dealkylation sites (tertiary alicyclic amines) is 1. The summed E-state index contributed by atoms with van der Waals surface area (Å²) in [5.74, 6) is 1.47. The summed E-state index contributed by atoms with van der Waals surface area (Å²) in [7, 11) is -1.72. The average molecular weight is 354 g/mol. The smallest absolute Gasteiger partial charge is 0.179 e. The SMILES string of the molecule is COc1cccc(S(=O)(=O)CCN2CCCC(C(C)(C)C)CC2)c1. The third-order valence-electron chi connectivity index (χ3n) is 5.12. The van der Waals surface area contributed by atoms with Crippen LogP contribution in [0.4, 0.5) is 0 Å². The summed E-state index contributed by atoms with van der Waals surface area (Å²) >= 11 is 0. The van der Waals surface area contributed by atoms with Gasteiger partial charge in [0, 0.05) is 6.54 Å². The minimum absolute atomic E-state index is 0.167. The lowest BCUT2D eigenvalue weighted by Crippen LogP contribution is -2.31. The van der Waals surface area contributed by atoms with Crippen LogP contribution < -0.4 is 4.74 Å². The number of nitrogens with zero attached hydrogens (tertiary/aromatic N) is 1. The zero-order valence-electron chi connectivity index (χ0n) is 15.4. The number of benzene rings is 1. The van der Waals surface area contributed by atoms with E-state index in [1.807, 2.05) is 0 Å². The Hall–Kier alpha value is -1.07. The Kier molecular flexibility index (Phi) is 6.32. The van der Waals surface area contributed by atoms with Crippen LogP contribution in [0.15, 0.2) is 29.2 Å². The normalized spacial score (nSPS) is 20.6. The fourth-order valence-electron chi connectivity index (χ4n) is 3.41. The number of methoxy groups -OCH3 is 1. The second-order valence-electron chi connectivity index (χ2n) is 7.83. The van der Waals surface area contributed by atoms with Gasteiger partial charge in [-0.3, -0.25) is 0 Å². The molecule has 1 atom stereocenters. The first kappa shape index (κ1) is 19.3. The van der Waals surface area contributed by atoms with E-state index in [2.05, 4.69) is 25.7 Å². The van der Waals surface area contributed by atoms with Gasteiger partial charge in [-0.1, -0.05) is 26.8 Å². The molecule has 1 aliphatic rings. The van der Waals surface area contributed by atoms with Crippen LogP contribution in [0.1, 0.15) is 40.0 Å². The maximum atomic E-state index is 12.6. The Labute approximate surface area is 147 Å². The fourth-order valence-corrected chi connectivity index (χ4v) is 4.72. The summed E-state index contributed by atoms with van der Waals surface area (Å²) in [4.78, 5) is 2.66. The molecule has 5 heteroatoms. The highest BCUT2D eigenvalue weighted by Crippen LogP contribution is 2.34. The lowest BCUT2D eigenvalue weighted by atomic mass is 9.77. The highest BCUT2D eigenvalue weighted by atomic mass is 32.2. The van der Waals surface area contributed by atoms with Gasteiger partial charge in [0.1, 0.15) is 5.75 Å². The van der Waals surface area contributed by atoms with Crippen molar-refractivity contribution in [3.8, 4) is 5.75 Å². The van der Waals surface area contributed by atoms with Gasteiger partial charge in [-0.05, 0) is 61.9 Å². The van der Waals surface area contributed by atoms with Crippen molar-refractivity contribution < 1.29 is 13.2 Å². The number of sulfone groups is 1. The van der Waals surface area contributed by atoms with Crippen LogP contribution in [-0.2, 0) is 9.84 Å². The van der Waals surface area contributed by atoms with Crippen molar-refractivity contribution in [3.63, 3.8) is 0 Å². The van der Waals surface area contributed by atoms with E-state index in [1.165, 1.54) is 6.42 Å². The Morgan fingerprint density at radius 3 is 2.62 bits per heavy atom. The van der Waals surface area contributed by atoms with Crippen molar-refractivity contribution in [1.82, 2.24) is 4.90 Å². The van der Waals surface area contributed by atoms with Gasteiger partial charge in [0.15, 0.2) is 9.84 Å². The molecule has 1 saturated heterocycles. The minimum Gasteiger partial charge on any atom is -0.497 e. The van der Waals surface area contributed by atoms with Crippen molar-refractivity contribution in [3.05, 3.63) is 24.3 Å². The molecule has 0 aliphatic carbocycles. The highest BCUT2D eigenvalue weighted by Gasteiger charge is 2.27. The van der Waals surface area contributed by atoms with Crippen LogP contribution in [0.5, 0.6) is 5.75 Å². The minimum atomic E-state index is -3.27. The van der Waals surface area contributed by atoms with Crippen LogP contribution in [0.3, 0.4) is 0 Å². The standard InChI is InChI=1S/C19H31NO3S/c1-19(2,3)16-7-6-11-20(12-10-16)13-14-24(21,22)18-9-5-8-17(15-18)23-4/h5,8-9,15-16H,6-7,10-14H2,1-4H3. The molecule has 1 aliphatic heterocycles. The molecule has 0 bridgehead atoms. The monoisotopic (exact) mass is 353 g/mol. The first-order valence-corrected chi connectivity index (χ1v) is 10.5. The summed E-state index contributed by atoms with van der Waals surface area (Å²) in [6.45, 7) is 9.52. The Morgan fingerprint density at radius 1 is 1.21 bits per heavy atom. The Bertz CT molecular complexity index is 634. The van der Waals surface area contributed by atoms with E-state index in [1.54, 1.807) is 31.4 Å². The van der Waals surface area contributed by atoms with Gasteiger partial charge in [0.2, 0.25) is 0 Å². The van der Waals surface area contributed by atoms with Crippen LogP contribution in [-0.4, -0.2) is 45.8 Å². The second kappa shape index (κ2) is 7.87. The summed E-state index contributed by atoms with van der Waals surface area (Å²) in [6, 6.07) is 6.75. The first-order chi connectivity index (χ1) is 11.2. The molecule has 24 heavy (non-hydrogen) atoms. The van der Waals surface area contributed by atoms with E-state index < -0.39 is 9.84 Å². The quantitative estimate of drug-likeness (QED) is 0.811. The average Bonchev–Trinajstić information content (AvgIpc) is 2.78. The third kappa shape index (κ3) is 5.21. The van der Waals surface area contributed by atoms with Crippen molar-refractivity contribution in [2.45, 2.75) is 44.9 Å². The van der Waals surface area contributed by atoms with Crippen molar-refractivity contribution >= 4 is 9.84 Å². The van der Waals surface area contributed by atoms with Crippen molar-refractivity contribution in [1.29, 1.82) is 0 Å². The van der Waals surface area contributed by atoms with Gasteiger partial charge >= 0.3 is 0 Å². The molecule has 1 heterocycles. The highest BCUT2D eigenvalue weighted by molar-refractivity contribution is 7.91. The van der Waals surface area contributed by atoms with Gasteiger partial charge in [0.05, 0.1) is 17.8 Å². The molecule has 1 aromatic carbocycles. The molecule has 1 aromatic rings. The zero-order valence-corrected chi connectivity index (χ0v) is 16.2. The van der Waals surface area contributed by atoms with E-state index in [-0.39, 0.29) is 5.75 Å². The molecular formula is C19H31NO3S. The molecule has 4 nitrogen and oxygen atoms in total. The Morgan fingerprint density at radius 2 is 1.96 bits per heavy atom. The molecule has 0 amide bonds. The Balaban J connectivity index is 1.94. The van der Waals surface area contributed by atoms with Gasteiger partial charge in [-0.25, -0.2) is 8.42 Å². The van der Waals surface area contributed by atoms with Crippen LogP contribution in [0, 0.1) is 11.3 Å². The van der Waals surface area contributed by atoms with Gasteiger partial charge in [-0.2, -0.15) is 0 Å². The first-order valence-electron chi connectivity index (χ1n) is 8.81. The van der Waals surface area contributed by atoms with Gasteiger partial charge in [0.25, 0.3) is 0 Å². The molecule has 0 aromatic heterocycles. The fraction of sp³-hybridized carbons (Fsp3) is 0.684. The van der Waals surface area contributed by atoms with E-state index >= 15 is 0 Å². The summed E-state index contributed by atoms with van der Waals surface area (Å²) in [6.07, 6.45) is 3.55. The molecule has 0 N–H and O–H groups in total. The molecule has 0 saturated carbocycles. The number of hydrogen-bond donors (Lipinski definition) is 0. The topological polar surface area (TPSA) is 46.6 Å². The molecule has 1 unspecified atom stereocenters. The number of rotatable bonds is 5. The summed E-state index contributed by atoms with van der Waals surface area (Å²) < 4.78 is 30.3. The van der Waals surface area contributed by atoms with Gasteiger partial charge in [-0.15, -0.1) is 0 Å². The largest absolute Gasteiger partial charge is 0.497 e. The predicted molar refractivity (Wildman–Crippen MR) is 98.3 cm³/mol. The summed E-state index contributed by atoms with van der Waals surface area (Å²) in [5, 5.41) is 0. The van der Waals surface area contributed by atoms with E-state index in [4.69, 9.17) is 4.74 Å². The van der Waals surface area contributed by atoms with E-state index in [0.29, 0.717) is 22.6 Å². The number of ether oxygens (including phenoxy) is 1. The molecule has 0 radical (unpaired) electrons. The maximum Gasteiger partial charge on any atom is 0.179 e. The van der Waals surface area contributed by atoms with Crippen molar-refractivity contribution in [2.24, 2.45) is 11.3 Å². The van der Waals surface area contributed by atoms with Crippen LogP contribution in [0.25, 0.3) is 0 Å². The van der Waals surface area contributed by atoms with E-state index in [0.717, 1.165) is 31.8 Å². The number of hydrogen-bond acceptors (Lipinski definition) is 4. The second-order valence-corrected chi connectivity index (χ2v) is 9.94. The maximum absolute atomic E-state index is 12.6. The third-order valence-corrected chi connectivity index (χ3v) is 6.81. The lowest BCUT2D eigenvalue weighted by molar-refractivity contribution is 0.210. The molecular weight excluding hydrogens is 322 g/mol. The summed E-state index contributed by atoms with van der Waals surface area (Å²) in [5.41, 5.74) is 0.336. The van der Waals surface area contributed by atoms with Crippen LogP contribution in [0.2, 0.25) is 0 Å². The molecule has 0 spiro atoms. The van der Waals surface area contributed by atoms with E-state index in [9.17, 15) is 8.42 Å². The lowest BCUT2D eigenvalue weighted by Gasteiger charge is -2.29.